The van der Waals surface area contributed by atoms with E-state index in [4.69, 9.17) is 14.2 Å². The molecule has 5 nitrogen and oxygen atoms in total. The zero-order valence-corrected chi connectivity index (χ0v) is 12.6. The lowest BCUT2D eigenvalue weighted by Crippen LogP contribution is -2.43. The van der Waals surface area contributed by atoms with E-state index in [9.17, 15) is 4.79 Å². The van der Waals surface area contributed by atoms with Gasteiger partial charge in [-0.1, -0.05) is 30.3 Å². The smallest absolute Gasteiger partial charge is 0.254 e. The van der Waals surface area contributed by atoms with E-state index in [1.54, 1.807) is 18.2 Å². The van der Waals surface area contributed by atoms with Crippen molar-refractivity contribution >= 4 is 5.91 Å². The SMILES string of the molecule is O=C(c1ccc2c(c1)OCO2)N1CCOCC1c1ccccc1. The van der Waals surface area contributed by atoms with Crippen LogP contribution in [0.5, 0.6) is 11.5 Å². The summed E-state index contributed by atoms with van der Waals surface area (Å²) < 4.78 is 16.3. The van der Waals surface area contributed by atoms with Crippen LogP contribution < -0.4 is 9.47 Å². The van der Waals surface area contributed by atoms with E-state index in [1.165, 1.54) is 0 Å². The van der Waals surface area contributed by atoms with Crippen molar-refractivity contribution in [2.24, 2.45) is 0 Å². The highest BCUT2D eigenvalue weighted by Crippen LogP contribution is 2.34. The van der Waals surface area contributed by atoms with Crippen molar-refractivity contribution in [3.63, 3.8) is 0 Å². The summed E-state index contributed by atoms with van der Waals surface area (Å²) in [7, 11) is 0. The number of hydrogen-bond acceptors (Lipinski definition) is 4. The first-order valence-corrected chi connectivity index (χ1v) is 7.66. The minimum atomic E-state index is -0.0668. The highest BCUT2D eigenvalue weighted by atomic mass is 16.7. The highest BCUT2D eigenvalue weighted by molar-refractivity contribution is 5.95. The summed E-state index contributed by atoms with van der Waals surface area (Å²) in [6.07, 6.45) is 0. The van der Waals surface area contributed by atoms with Gasteiger partial charge < -0.3 is 19.1 Å². The standard InChI is InChI=1S/C18H17NO4/c20-18(14-6-7-16-17(10-14)23-12-22-16)19-8-9-21-11-15(19)13-4-2-1-3-5-13/h1-7,10,15H,8-9,11-12H2. The summed E-state index contributed by atoms with van der Waals surface area (Å²) in [6.45, 7) is 1.85. The molecule has 5 heteroatoms. The molecule has 23 heavy (non-hydrogen) atoms. The summed E-state index contributed by atoms with van der Waals surface area (Å²) in [6, 6.07) is 15.2. The number of rotatable bonds is 2. The summed E-state index contributed by atoms with van der Waals surface area (Å²) in [5.74, 6) is 1.30. The Balaban J connectivity index is 1.63. The molecule has 1 atom stereocenters. The molecule has 1 fully saturated rings. The van der Waals surface area contributed by atoms with Crippen molar-refractivity contribution < 1.29 is 19.0 Å². The summed E-state index contributed by atoms with van der Waals surface area (Å²) in [4.78, 5) is 14.8. The Hall–Kier alpha value is -2.53. The van der Waals surface area contributed by atoms with Crippen molar-refractivity contribution in [3.05, 3.63) is 59.7 Å². The molecule has 2 heterocycles. The van der Waals surface area contributed by atoms with Crippen LogP contribution in [0, 0.1) is 0 Å². The maximum Gasteiger partial charge on any atom is 0.254 e. The highest BCUT2D eigenvalue weighted by Gasteiger charge is 2.30. The second-order valence-electron chi connectivity index (χ2n) is 5.57. The molecule has 0 bridgehead atoms. The number of morpholine rings is 1. The molecule has 0 aromatic heterocycles. The van der Waals surface area contributed by atoms with Crippen LogP contribution in [0.3, 0.4) is 0 Å². The Morgan fingerprint density at radius 3 is 2.74 bits per heavy atom. The van der Waals surface area contributed by atoms with E-state index in [2.05, 4.69) is 0 Å². The third-order valence-corrected chi connectivity index (χ3v) is 4.19. The van der Waals surface area contributed by atoms with E-state index >= 15 is 0 Å². The van der Waals surface area contributed by atoms with Gasteiger partial charge in [0, 0.05) is 12.1 Å². The Bertz CT molecular complexity index is 716. The quantitative estimate of drug-likeness (QED) is 0.855. The Morgan fingerprint density at radius 2 is 1.87 bits per heavy atom. The summed E-state index contributed by atoms with van der Waals surface area (Å²) >= 11 is 0. The van der Waals surface area contributed by atoms with Gasteiger partial charge in [0.1, 0.15) is 0 Å². The van der Waals surface area contributed by atoms with Gasteiger partial charge in [-0.05, 0) is 23.8 Å². The Morgan fingerprint density at radius 1 is 1.04 bits per heavy atom. The molecular formula is C18H17NO4. The summed E-state index contributed by atoms with van der Waals surface area (Å²) in [5.41, 5.74) is 1.69. The molecule has 0 aliphatic carbocycles. The maximum atomic E-state index is 13.0. The Labute approximate surface area is 134 Å². The molecule has 0 spiro atoms. The van der Waals surface area contributed by atoms with Gasteiger partial charge in [-0.3, -0.25) is 4.79 Å². The van der Waals surface area contributed by atoms with Crippen LogP contribution in [0.15, 0.2) is 48.5 Å². The number of carbonyl (C=O) groups excluding carboxylic acids is 1. The number of amides is 1. The lowest BCUT2D eigenvalue weighted by atomic mass is 10.0. The van der Waals surface area contributed by atoms with Crippen molar-refractivity contribution in [1.29, 1.82) is 0 Å². The molecule has 2 aliphatic heterocycles. The number of fused-ring (bicyclic) bond motifs is 1. The van der Waals surface area contributed by atoms with Gasteiger partial charge in [-0.15, -0.1) is 0 Å². The van der Waals surface area contributed by atoms with Crippen LogP contribution in [0.25, 0.3) is 0 Å². The molecule has 1 unspecified atom stereocenters. The molecule has 118 valence electrons. The Kier molecular flexibility index (Phi) is 3.63. The molecule has 2 aromatic rings. The monoisotopic (exact) mass is 311 g/mol. The van der Waals surface area contributed by atoms with Gasteiger partial charge in [0.2, 0.25) is 6.79 Å². The topological polar surface area (TPSA) is 48.0 Å². The second-order valence-corrected chi connectivity index (χ2v) is 5.57. The van der Waals surface area contributed by atoms with E-state index in [-0.39, 0.29) is 18.7 Å². The van der Waals surface area contributed by atoms with Crippen LogP contribution in [0.1, 0.15) is 22.0 Å². The fourth-order valence-electron chi connectivity index (χ4n) is 2.99. The fraction of sp³-hybridized carbons (Fsp3) is 0.278. The van der Waals surface area contributed by atoms with Gasteiger partial charge in [0.25, 0.3) is 5.91 Å². The molecule has 0 saturated carbocycles. The first-order valence-electron chi connectivity index (χ1n) is 7.66. The average Bonchev–Trinajstić information content (AvgIpc) is 3.09. The molecule has 1 amide bonds. The van der Waals surface area contributed by atoms with Crippen molar-refractivity contribution in [2.45, 2.75) is 6.04 Å². The first-order chi connectivity index (χ1) is 11.3. The normalized spacial score (nSPS) is 19.7. The van der Waals surface area contributed by atoms with Crippen LogP contribution in [0.4, 0.5) is 0 Å². The number of carbonyl (C=O) groups is 1. The zero-order valence-electron chi connectivity index (χ0n) is 12.6. The van der Waals surface area contributed by atoms with Crippen molar-refractivity contribution in [3.8, 4) is 11.5 Å². The van der Waals surface area contributed by atoms with Crippen LogP contribution in [-0.2, 0) is 4.74 Å². The van der Waals surface area contributed by atoms with Crippen LogP contribution >= 0.6 is 0 Å². The van der Waals surface area contributed by atoms with E-state index < -0.39 is 0 Å². The molecule has 2 aliphatic rings. The van der Waals surface area contributed by atoms with Gasteiger partial charge in [-0.25, -0.2) is 0 Å². The third-order valence-electron chi connectivity index (χ3n) is 4.19. The number of nitrogens with zero attached hydrogens (tertiary/aromatic N) is 1. The first kappa shape index (κ1) is 14.1. The molecule has 4 rings (SSSR count). The number of ether oxygens (including phenoxy) is 3. The zero-order chi connectivity index (χ0) is 15.6. The largest absolute Gasteiger partial charge is 0.454 e. The van der Waals surface area contributed by atoms with Crippen LogP contribution in [-0.4, -0.2) is 37.4 Å². The summed E-state index contributed by atoms with van der Waals surface area (Å²) in [5, 5.41) is 0. The maximum absolute atomic E-state index is 13.0. The average molecular weight is 311 g/mol. The molecule has 0 N–H and O–H groups in total. The lowest BCUT2D eigenvalue weighted by Gasteiger charge is -2.36. The number of hydrogen-bond donors (Lipinski definition) is 0. The van der Waals surface area contributed by atoms with E-state index in [1.807, 2.05) is 35.2 Å². The van der Waals surface area contributed by atoms with Crippen molar-refractivity contribution in [1.82, 2.24) is 4.90 Å². The molecular weight excluding hydrogens is 294 g/mol. The lowest BCUT2D eigenvalue weighted by molar-refractivity contribution is -0.00270. The predicted octanol–water partition coefficient (Wildman–Crippen LogP) is 2.63. The van der Waals surface area contributed by atoms with E-state index in [0.29, 0.717) is 36.8 Å². The molecule has 2 aromatic carbocycles. The van der Waals surface area contributed by atoms with Gasteiger partial charge in [-0.2, -0.15) is 0 Å². The number of benzene rings is 2. The molecule has 0 radical (unpaired) electrons. The minimum Gasteiger partial charge on any atom is -0.454 e. The van der Waals surface area contributed by atoms with Crippen molar-refractivity contribution in [2.75, 3.05) is 26.6 Å². The van der Waals surface area contributed by atoms with Gasteiger partial charge in [0.15, 0.2) is 11.5 Å². The van der Waals surface area contributed by atoms with Crippen LogP contribution in [0.2, 0.25) is 0 Å². The fourth-order valence-corrected chi connectivity index (χ4v) is 2.99. The third kappa shape index (κ3) is 2.64. The minimum absolute atomic E-state index is 0.0135. The predicted molar refractivity (Wildman–Crippen MR) is 83.6 cm³/mol. The van der Waals surface area contributed by atoms with Gasteiger partial charge in [0.05, 0.1) is 19.3 Å². The van der Waals surface area contributed by atoms with E-state index in [0.717, 1.165) is 5.56 Å². The van der Waals surface area contributed by atoms with Gasteiger partial charge >= 0.3 is 0 Å². The molecule has 1 saturated heterocycles. The second kappa shape index (κ2) is 5.93.